The molecule has 6 heteroatoms. The van der Waals surface area contributed by atoms with Crippen molar-refractivity contribution in [3.63, 3.8) is 0 Å². The molecule has 0 atom stereocenters. The van der Waals surface area contributed by atoms with Crippen LogP contribution in [0.1, 0.15) is 35.7 Å². The van der Waals surface area contributed by atoms with Gasteiger partial charge in [0.1, 0.15) is 17.2 Å². The van der Waals surface area contributed by atoms with Gasteiger partial charge in [0, 0.05) is 5.56 Å². The molecule has 24 heavy (non-hydrogen) atoms. The fraction of sp³-hybridized carbons (Fsp3) is 0.167. The van der Waals surface area contributed by atoms with Crippen LogP contribution in [0.3, 0.4) is 0 Å². The normalized spacial score (nSPS) is 11.5. The van der Waals surface area contributed by atoms with E-state index >= 15 is 0 Å². The summed E-state index contributed by atoms with van der Waals surface area (Å²) in [4.78, 5) is 12.1. The maximum atomic E-state index is 12.1. The predicted octanol–water partition coefficient (Wildman–Crippen LogP) is 3.39. The number of carbonyl (C=O) groups is 1. The van der Waals surface area contributed by atoms with Crippen molar-refractivity contribution < 1.29 is 9.21 Å². The quantitative estimate of drug-likeness (QED) is 0.558. The molecule has 1 aromatic carbocycles. The third kappa shape index (κ3) is 3.43. The number of amides is 1. The molecule has 0 bridgehead atoms. The highest BCUT2D eigenvalue weighted by molar-refractivity contribution is 5.98. The first-order chi connectivity index (χ1) is 11.7. The minimum absolute atomic E-state index is 0.348. The number of nitrogens with zero attached hydrogens (tertiary/aromatic N) is 2. The first kappa shape index (κ1) is 15.7. The Morgan fingerprint density at radius 1 is 1.29 bits per heavy atom. The lowest BCUT2D eigenvalue weighted by Crippen LogP contribution is -2.19. The third-order valence-electron chi connectivity index (χ3n) is 3.68. The van der Waals surface area contributed by atoms with Gasteiger partial charge >= 0.3 is 0 Å². The van der Waals surface area contributed by atoms with Crippen LogP contribution < -0.4 is 5.43 Å². The van der Waals surface area contributed by atoms with E-state index in [0.717, 1.165) is 17.7 Å². The predicted molar refractivity (Wildman–Crippen MR) is 91.8 cm³/mol. The number of hydrogen-bond donors (Lipinski definition) is 2. The molecular weight excluding hydrogens is 304 g/mol. The van der Waals surface area contributed by atoms with E-state index < -0.39 is 0 Å². The summed E-state index contributed by atoms with van der Waals surface area (Å²) < 4.78 is 5.21. The molecule has 2 aromatic heterocycles. The zero-order valence-corrected chi connectivity index (χ0v) is 13.5. The van der Waals surface area contributed by atoms with Gasteiger partial charge in [-0.3, -0.25) is 9.89 Å². The topological polar surface area (TPSA) is 83.3 Å². The van der Waals surface area contributed by atoms with Crippen LogP contribution in [0.15, 0.2) is 58.2 Å². The van der Waals surface area contributed by atoms with Crippen molar-refractivity contribution in [1.29, 1.82) is 0 Å². The number of hydrogen-bond acceptors (Lipinski definition) is 4. The average molecular weight is 322 g/mol. The molecular formula is C18H18N4O2. The SMILES string of the molecule is CCc1ccc(-c2cc(C(=O)NN=C(C)c3ccco3)[nH]n2)cc1. The average Bonchev–Trinajstić information content (AvgIpc) is 3.31. The van der Waals surface area contributed by atoms with E-state index in [1.54, 1.807) is 31.4 Å². The molecule has 0 saturated carbocycles. The maximum absolute atomic E-state index is 12.1. The molecule has 0 unspecified atom stereocenters. The van der Waals surface area contributed by atoms with Crippen molar-refractivity contribution >= 4 is 11.6 Å². The smallest absolute Gasteiger partial charge is 0.289 e. The van der Waals surface area contributed by atoms with Crippen LogP contribution >= 0.6 is 0 Å². The van der Waals surface area contributed by atoms with E-state index in [0.29, 0.717) is 17.2 Å². The summed E-state index contributed by atoms with van der Waals surface area (Å²) in [7, 11) is 0. The van der Waals surface area contributed by atoms with Crippen LogP contribution in [0.5, 0.6) is 0 Å². The van der Waals surface area contributed by atoms with Crippen molar-refractivity contribution in [1.82, 2.24) is 15.6 Å². The lowest BCUT2D eigenvalue weighted by atomic mass is 10.1. The number of nitrogens with one attached hydrogen (secondary N) is 2. The van der Waals surface area contributed by atoms with Crippen LogP contribution in [-0.2, 0) is 6.42 Å². The van der Waals surface area contributed by atoms with Crippen LogP contribution in [-0.4, -0.2) is 21.8 Å². The number of aryl methyl sites for hydroxylation is 1. The second kappa shape index (κ2) is 6.95. The molecule has 122 valence electrons. The number of furan rings is 1. The lowest BCUT2D eigenvalue weighted by molar-refractivity contribution is 0.0950. The first-order valence-electron chi connectivity index (χ1n) is 7.70. The fourth-order valence-corrected chi connectivity index (χ4v) is 2.23. The zero-order chi connectivity index (χ0) is 16.9. The second-order valence-corrected chi connectivity index (χ2v) is 5.33. The van der Waals surface area contributed by atoms with Gasteiger partial charge in [-0.15, -0.1) is 0 Å². The first-order valence-corrected chi connectivity index (χ1v) is 7.70. The van der Waals surface area contributed by atoms with Crippen LogP contribution in [0.25, 0.3) is 11.3 Å². The summed E-state index contributed by atoms with van der Waals surface area (Å²) in [6.45, 7) is 3.87. The number of rotatable bonds is 5. The van der Waals surface area contributed by atoms with Crippen molar-refractivity contribution in [3.05, 3.63) is 65.7 Å². The van der Waals surface area contributed by atoms with Gasteiger partial charge in [-0.2, -0.15) is 10.2 Å². The molecule has 3 aromatic rings. The molecule has 0 spiro atoms. The van der Waals surface area contributed by atoms with Crippen molar-refractivity contribution in [2.45, 2.75) is 20.3 Å². The summed E-state index contributed by atoms with van der Waals surface area (Å²) in [5.74, 6) is 0.251. The fourth-order valence-electron chi connectivity index (χ4n) is 2.23. The molecule has 0 aliphatic rings. The molecule has 1 amide bonds. The zero-order valence-electron chi connectivity index (χ0n) is 13.5. The molecule has 2 N–H and O–H groups in total. The molecule has 0 fully saturated rings. The summed E-state index contributed by atoms with van der Waals surface area (Å²) in [6.07, 6.45) is 2.54. The number of benzene rings is 1. The molecule has 0 radical (unpaired) electrons. The molecule has 6 nitrogen and oxygen atoms in total. The Labute approximate surface area is 139 Å². The van der Waals surface area contributed by atoms with Gasteiger partial charge in [-0.1, -0.05) is 31.2 Å². The Balaban J connectivity index is 1.70. The Kier molecular flexibility index (Phi) is 4.56. The van der Waals surface area contributed by atoms with Gasteiger partial charge in [-0.25, -0.2) is 5.43 Å². The minimum atomic E-state index is -0.357. The molecule has 0 aliphatic heterocycles. The minimum Gasteiger partial charge on any atom is -0.463 e. The number of hydrazone groups is 1. The van der Waals surface area contributed by atoms with Gasteiger partial charge in [0.15, 0.2) is 0 Å². The van der Waals surface area contributed by atoms with Crippen LogP contribution in [0.4, 0.5) is 0 Å². The van der Waals surface area contributed by atoms with Crippen LogP contribution in [0, 0.1) is 0 Å². The summed E-state index contributed by atoms with van der Waals surface area (Å²) in [5, 5.41) is 10.9. The molecule has 3 rings (SSSR count). The monoisotopic (exact) mass is 322 g/mol. The molecule has 0 saturated heterocycles. The van der Waals surface area contributed by atoms with Gasteiger partial charge in [0.25, 0.3) is 5.91 Å². The standard InChI is InChI=1S/C18H18N4O2/c1-3-13-6-8-14(9-7-13)15-11-16(21-20-15)18(23)22-19-12(2)17-5-4-10-24-17/h4-11H,3H2,1-2H3,(H,20,21)(H,22,23). The maximum Gasteiger partial charge on any atom is 0.289 e. The highest BCUT2D eigenvalue weighted by Crippen LogP contribution is 2.18. The Bertz CT molecular complexity index is 846. The van der Waals surface area contributed by atoms with E-state index in [4.69, 9.17) is 4.42 Å². The van der Waals surface area contributed by atoms with E-state index in [1.807, 2.05) is 12.1 Å². The largest absolute Gasteiger partial charge is 0.463 e. The Hall–Kier alpha value is -3.15. The number of carbonyl (C=O) groups excluding carboxylic acids is 1. The second-order valence-electron chi connectivity index (χ2n) is 5.33. The van der Waals surface area contributed by atoms with Crippen LogP contribution in [0.2, 0.25) is 0 Å². The van der Waals surface area contributed by atoms with E-state index in [9.17, 15) is 4.79 Å². The van der Waals surface area contributed by atoms with Gasteiger partial charge in [0.2, 0.25) is 0 Å². The Morgan fingerprint density at radius 3 is 2.75 bits per heavy atom. The molecule has 0 aliphatic carbocycles. The van der Waals surface area contributed by atoms with Gasteiger partial charge in [-0.05, 0) is 37.1 Å². The summed E-state index contributed by atoms with van der Waals surface area (Å²) in [6, 6.07) is 13.3. The number of H-pyrrole nitrogens is 1. The van der Waals surface area contributed by atoms with Gasteiger partial charge in [0.05, 0.1) is 12.0 Å². The lowest BCUT2D eigenvalue weighted by Gasteiger charge is -1.99. The molecule has 2 heterocycles. The van der Waals surface area contributed by atoms with Crippen molar-refractivity contribution in [2.24, 2.45) is 5.10 Å². The Morgan fingerprint density at radius 2 is 2.08 bits per heavy atom. The van der Waals surface area contributed by atoms with Crippen molar-refractivity contribution in [2.75, 3.05) is 0 Å². The van der Waals surface area contributed by atoms with Gasteiger partial charge < -0.3 is 4.42 Å². The highest BCUT2D eigenvalue weighted by Gasteiger charge is 2.11. The van der Waals surface area contributed by atoms with E-state index in [1.165, 1.54) is 5.56 Å². The van der Waals surface area contributed by atoms with E-state index in [2.05, 4.69) is 39.8 Å². The summed E-state index contributed by atoms with van der Waals surface area (Å²) >= 11 is 0. The number of aromatic amines is 1. The van der Waals surface area contributed by atoms with Crippen molar-refractivity contribution in [3.8, 4) is 11.3 Å². The third-order valence-corrected chi connectivity index (χ3v) is 3.68. The highest BCUT2D eigenvalue weighted by atomic mass is 16.3. The number of aromatic nitrogens is 2. The van der Waals surface area contributed by atoms with E-state index in [-0.39, 0.29) is 5.91 Å². The summed E-state index contributed by atoms with van der Waals surface area (Å²) in [5.41, 5.74) is 6.35.